The van der Waals surface area contributed by atoms with Crippen LogP contribution in [0.4, 0.5) is 0 Å². The standard InChI is InChI=1S/C16H20ClN3OS/c1-11(12-7-8-12)16(21,13-5-3-4-6-14(13)17)9-20-15(22-2)18-10-19-20/h3-6,10-12,21H,7-9H2,1-2H3. The van der Waals surface area contributed by atoms with Crippen molar-refractivity contribution in [3.63, 3.8) is 0 Å². The van der Waals surface area contributed by atoms with Crippen LogP contribution in [0.5, 0.6) is 0 Å². The molecule has 0 saturated heterocycles. The van der Waals surface area contributed by atoms with Gasteiger partial charge in [-0.05, 0) is 37.0 Å². The quantitative estimate of drug-likeness (QED) is 0.818. The van der Waals surface area contributed by atoms with Crippen molar-refractivity contribution in [2.24, 2.45) is 11.8 Å². The zero-order chi connectivity index (χ0) is 15.7. The molecular formula is C16H20ClN3OS. The minimum Gasteiger partial charge on any atom is -0.383 e. The molecule has 2 atom stereocenters. The minimum absolute atomic E-state index is 0.117. The van der Waals surface area contributed by atoms with E-state index in [4.69, 9.17) is 11.6 Å². The van der Waals surface area contributed by atoms with Crippen LogP contribution in [0.2, 0.25) is 5.02 Å². The maximum atomic E-state index is 11.6. The van der Waals surface area contributed by atoms with Crippen LogP contribution < -0.4 is 0 Å². The molecule has 1 heterocycles. The molecular weight excluding hydrogens is 318 g/mol. The Hall–Kier alpha value is -1.04. The highest BCUT2D eigenvalue weighted by molar-refractivity contribution is 7.98. The van der Waals surface area contributed by atoms with Crippen molar-refractivity contribution in [2.75, 3.05) is 6.26 Å². The van der Waals surface area contributed by atoms with Gasteiger partial charge in [-0.2, -0.15) is 5.10 Å². The highest BCUT2D eigenvalue weighted by Gasteiger charge is 2.45. The van der Waals surface area contributed by atoms with E-state index in [9.17, 15) is 5.11 Å². The number of benzene rings is 1. The van der Waals surface area contributed by atoms with E-state index in [1.54, 1.807) is 4.68 Å². The molecule has 1 N–H and O–H groups in total. The summed E-state index contributed by atoms with van der Waals surface area (Å²) in [5.74, 6) is 0.661. The highest BCUT2D eigenvalue weighted by Crippen LogP contribution is 2.48. The van der Waals surface area contributed by atoms with E-state index >= 15 is 0 Å². The van der Waals surface area contributed by atoms with Crippen LogP contribution in [-0.2, 0) is 12.1 Å². The Morgan fingerprint density at radius 1 is 1.45 bits per heavy atom. The summed E-state index contributed by atoms with van der Waals surface area (Å²) in [6, 6.07) is 7.55. The summed E-state index contributed by atoms with van der Waals surface area (Å²) < 4.78 is 1.77. The fourth-order valence-electron chi connectivity index (χ4n) is 3.02. The summed E-state index contributed by atoms with van der Waals surface area (Å²) in [6.07, 6.45) is 5.82. The molecule has 1 saturated carbocycles. The van der Waals surface area contributed by atoms with Crippen molar-refractivity contribution in [3.8, 4) is 0 Å². The van der Waals surface area contributed by atoms with Crippen LogP contribution >= 0.6 is 23.4 Å². The number of thioether (sulfide) groups is 1. The maximum Gasteiger partial charge on any atom is 0.185 e. The van der Waals surface area contributed by atoms with Gasteiger partial charge in [-0.15, -0.1) is 0 Å². The number of aliphatic hydroxyl groups is 1. The predicted octanol–water partition coefficient (Wildman–Crippen LogP) is 3.59. The second kappa shape index (κ2) is 6.22. The smallest absolute Gasteiger partial charge is 0.185 e. The molecule has 4 nitrogen and oxygen atoms in total. The molecule has 1 aliphatic rings. The number of nitrogens with zero attached hydrogens (tertiary/aromatic N) is 3. The third kappa shape index (κ3) is 2.90. The van der Waals surface area contributed by atoms with Crippen molar-refractivity contribution >= 4 is 23.4 Å². The Labute approximate surface area is 139 Å². The zero-order valence-corrected chi connectivity index (χ0v) is 14.3. The van der Waals surface area contributed by atoms with E-state index in [0.717, 1.165) is 10.7 Å². The van der Waals surface area contributed by atoms with Gasteiger partial charge in [-0.3, -0.25) is 0 Å². The molecule has 0 amide bonds. The number of rotatable bonds is 6. The third-order valence-electron chi connectivity index (χ3n) is 4.58. The van der Waals surface area contributed by atoms with Crippen LogP contribution in [-0.4, -0.2) is 26.1 Å². The van der Waals surface area contributed by atoms with E-state index in [1.165, 1.54) is 30.9 Å². The van der Waals surface area contributed by atoms with E-state index in [1.807, 2.05) is 30.5 Å². The van der Waals surface area contributed by atoms with Gasteiger partial charge in [0.15, 0.2) is 5.16 Å². The molecule has 2 aromatic rings. The fraction of sp³-hybridized carbons (Fsp3) is 0.500. The summed E-state index contributed by atoms with van der Waals surface area (Å²) in [5.41, 5.74) is -0.267. The van der Waals surface area contributed by atoms with E-state index in [0.29, 0.717) is 17.5 Å². The zero-order valence-electron chi connectivity index (χ0n) is 12.7. The summed E-state index contributed by atoms with van der Waals surface area (Å²) in [5, 5.41) is 17.2. The SMILES string of the molecule is CSc1ncnn1CC(O)(c1ccccc1Cl)C(C)C1CC1. The molecule has 1 aromatic heterocycles. The number of hydrogen-bond acceptors (Lipinski definition) is 4. The summed E-state index contributed by atoms with van der Waals surface area (Å²) in [7, 11) is 0. The van der Waals surface area contributed by atoms with Crippen LogP contribution in [0.15, 0.2) is 35.7 Å². The highest BCUT2D eigenvalue weighted by atomic mass is 35.5. The van der Waals surface area contributed by atoms with Gasteiger partial charge in [0.2, 0.25) is 0 Å². The van der Waals surface area contributed by atoms with Gasteiger partial charge in [0.1, 0.15) is 11.9 Å². The van der Waals surface area contributed by atoms with E-state index < -0.39 is 5.60 Å². The van der Waals surface area contributed by atoms with Crippen LogP contribution in [0, 0.1) is 11.8 Å². The van der Waals surface area contributed by atoms with Crippen molar-refractivity contribution in [1.29, 1.82) is 0 Å². The molecule has 6 heteroatoms. The first-order valence-electron chi connectivity index (χ1n) is 7.45. The van der Waals surface area contributed by atoms with Gasteiger partial charge in [-0.1, -0.05) is 48.5 Å². The largest absolute Gasteiger partial charge is 0.383 e. The molecule has 0 bridgehead atoms. The first kappa shape index (κ1) is 15.8. The van der Waals surface area contributed by atoms with Crippen molar-refractivity contribution in [1.82, 2.24) is 14.8 Å². The Balaban J connectivity index is 2.01. The van der Waals surface area contributed by atoms with Gasteiger partial charge in [-0.25, -0.2) is 9.67 Å². The van der Waals surface area contributed by atoms with Crippen molar-refractivity contribution in [3.05, 3.63) is 41.2 Å². The normalized spacial score (nSPS) is 18.9. The molecule has 0 aliphatic heterocycles. The molecule has 3 rings (SSSR count). The monoisotopic (exact) mass is 337 g/mol. The molecule has 1 aromatic carbocycles. The first-order valence-corrected chi connectivity index (χ1v) is 9.05. The minimum atomic E-state index is -1.04. The van der Waals surface area contributed by atoms with Gasteiger partial charge >= 0.3 is 0 Å². The Bertz CT molecular complexity index is 658. The van der Waals surface area contributed by atoms with Gasteiger partial charge in [0.25, 0.3) is 0 Å². The van der Waals surface area contributed by atoms with Gasteiger partial charge in [0.05, 0.1) is 6.54 Å². The molecule has 1 aliphatic carbocycles. The van der Waals surface area contributed by atoms with Gasteiger partial charge < -0.3 is 5.11 Å². The summed E-state index contributed by atoms with van der Waals surface area (Å²) >= 11 is 7.90. The average molecular weight is 338 g/mol. The molecule has 0 spiro atoms. The molecule has 22 heavy (non-hydrogen) atoms. The van der Waals surface area contributed by atoms with Crippen molar-refractivity contribution in [2.45, 2.75) is 37.1 Å². The summed E-state index contributed by atoms with van der Waals surface area (Å²) in [6.45, 7) is 2.47. The van der Waals surface area contributed by atoms with Gasteiger partial charge in [0, 0.05) is 10.6 Å². The number of aromatic nitrogens is 3. The van der Waals surface area contributed by atoms with Crippen LogP contribution in [0.1, 0.15) is 25.3 Å². The number of hydrogen-bond donors (Lipinski definition) is 1. The predicted molar refractivity (Wildman–Crippen MR) is 89.0 cm³/mol. The van der Waals surface area contributed by atoms with E-state index in [-0.39, 0.29) is 5.92 Å². The number of halogens is 1. The lowest BCUT2D eigenvalue weighted by molar-refractivity contribution is -0.0461. The third-order valence-corrected chi connectivity index (χ3v) is 5.59. The van der Waals surface area contributed by atoms with Crippen molar-refractivity contribution < 1.29 is 5.11 Å². The fourth-order valence-corrected chi connectivity index (χ4v) is 3.80. The topological polar surface area (TPSA) is 50.9 Å². The Kier molecular flexibility index (Phi) is 4.48. The summed E-state index contributed by atoms with van der Waals surface area (Å²) in [4.78, 5) is 4.23. The Morgan fingerprint density at radius 2 is 2.18 bits per heavy atom. The van der Waals surface area contributed by atoms with Crippen LogP contribution in [0.3, 0.4) is 0 Å². The second-order valence-corrected chi connectivity index (χ2v) is 7.12. The second-order valence-electron chi connectivity index (χ2n) is 5.93. The molecule has 2 unspecified atom stereocenters. The lowest BCUT2D eigenvalue weighted by Gasteiger charge is -2.35. The van der Waals surface area contributed by atoms with Crippen LogP contribution in [0.25, 0.3) is 0 Å². The van der Waals surface area contributed by atoms with E-state index in [2.05, 4.69) is 17.0 Å². The average Bonchev–Trinajstić information content (AvgIpc) is 3.27. The molecule has 1 fully saturated rings. The lowest BCUT2D eigenvalue weighted by Crippen LogP contribution is -2.40. The molecule has 118 valence electrons. The lowest BCUT2D eigenvalue weighted by atomic mass is 9.79. The Morgan fingerprint density at radius 3 is 2.82 bits per heavy atom. The molecule has 0 radical (unpaired) electrons. The first-order chi connectivity index (χ1) is 10.6. The maximum absolute atomic E-state index is 11.6.